The van der Waals surface area contributed by atoms with Gasteiger partial charge in [-0.2, -0.15) is 0 Å². The van der Waals surface area contributed by atoms with E-state index in [0.29, 0.717) is 31.6 Å². The number of hydrogen-bond donors (Lipinski definition) is 1. The third-order valence-corrected chi connectivity index (χ3v) is 8.94. The largest absolute Gasteiger partial charge is 0.356 e. The lowest BCUT2D eigenvalue weighted by Gasteiger charge is -2.31. The summed E-state index contributed by atoms with van der Waals surface area (Å²) in [6.45, 7) is 6.38. The van der Waals surface area contributed by atoms with Crippen LogP contribution in [0.3, 0.4) is 0 Å². The van der Waals surface area contributed by atoms with Gasteiger partial charge in [0.2, 0.25) is 5.91 Å². The van der Waals surface area contributed by atoms with Gasteiger partial charge < -0.3 is 24.3 Å². The maximum atomic E-state index is 12.9. The molecule has 41 heavy (non-hydrogen) atoms. The van der Waals surface area contributed by atoms with Gasteiger partial charge in [-0.25, -0.2) is 0 Å². The Labute approximate surface area is 249 Å². The Hall–Kier alpha value is -1.28. The van der Waals surface area contributed by atoms with Crippen LogP contribution in [-0.2, 0) is 28.5 Å². The normalized spacial score (nSPS) is 28.7. The van der Waals surface area contributed by atoms with Gasteiger partial charge in [0, 0.05) is 45.4 Å². The van der Waals surface area contributed by atoms with Crippen LogP contribution >= 0.6 is 0 Å². The second kappa shape index (κ2) is 20.6. The smallest absolute Gasteiger partial charge is 0.219 e. The van der Waals surface area contributed by atoms with Crippen LogP contribution < -0.4 is 5.32 Å². The molecule has 236 valence electrons. The monoisotopic (exact) mass is 577 g/mol. The van der Waals surface area contributed by atoms with Crippen LogP contribution in [-0.4, -0.2) is 56.2 Å². The molecular weight excluding hydrogens is 518 g/mol. The molecule has 7 nitrogen and oxygen atoms in total. The number of hydrogen-bond acceptors (Lipinski definition) is 6. The first-order valence-electron chi connectivity index (χ1n) is 17.1. The summed E-state index contributed by atoms with van der Waals surface area (Å²) >= 11 is 0. The van der Waals surface area contributed by atoms with Gasteiger partial charge in [-0.15, -0.1) is 0 Å². The summed E-state index contributed by atoms with van der Waals surface area (Å²) in [5, 5.41) is 2.87. The summed E-state index contributed by atoms with van der Waals surface area (Å²) in [6, 6.07) is 0. The van der Waals surface area contributed by atoms with Gasteiger partial charge in [-0.1, -0.05) is 44.8 Å². The molecule has 2 unspecified atom stereocenters. The predicted molar refractivity (Wildman–Crippen MR) is 162 cm³/mol. The van der Waals surface area contributed by atoms with Gasteiger partial charge in [0.05, 0.1) is 12.2 Å². The molecule has 2 saturated heterocycles. The molecule has 2 aliphatic heterocycles. The van der Waals surface area contributed by atoms with Crippen molar-refractivity contribution in [2.24, 2.45) is 11.8 Å². The van der Waals surface area contributed by atoms with Crippen molar-refractivity contribution in [1.82, 2.24) is 5.32 Å². The minimum absolute atomic E-state index is 0.0279. The summed E-state index contributed by atoms with van der Waals surface area (Å²) in [6.07, 6.45) is 22.6. The molecule has 3 rings (SSSR count). The molecule has 2 heterocycles. The van der Waals surface area contributed by atoms with Crippen molar-refractivity contribution in [3.8, 4) is 0 Å². The highest BCUT2D eigenvalue weighted by molar-refractivity contribution is 5.78. The lowest BCUT2D eigenvalue weighted by molar-refractivity contribution is -0.204. The highest BCUT2D eigenvalue weighted by Gasteiger charge is 2.46. The average molecular weight is 578 g/mol. The fraction of sp³-hybridized carbons (Fsp3) is 0.882. The lowest BCUT2D eigenvalue weighted by atomic mass is 9.85. The van der Waals surface area contributed by atoms with E-state index in [1.807, 2.05) is 6.92 Å². The second-order valence-corrected chi connectivity index (χ2v) is 12.3. The Bertz CT molecular complexity index is 745. The van der Waals surface area contributed by atoms with Crippen molar-refractivity contribution >= 4 is 11.7 Å². The minimum Gasteiger partial charge on any atom is -0.356 e. The molecule has 1 amide bonds. The Kier molecular flexibility index (Phi) is 17.2. The van der Waals surface area contributed by atoms with E-state index in [0.717, 1.165) is 96.7 Å². The first-order valence-corrected chi connectivity index (χ1v) is 17.1. The van der Waals surface area contributed by atoms with Crippen LogP contribution in [0.5, 0.6) is 0 Å². The zero-order valence-electron chi connectivity index (χ0n) is 26.1. The first kappa shape index (κ1) is 34.2. The van der Waals surface area contributed by atoms with Gasteiger partial charge in [-0.3, -0.25) is 9.59 Å². The van der Waals surface area contributed by atoms with Gasteiger partial charge >= 0.3 is 0 Å². The Balaban J connectivity index is 1.63. The molecule has 6 atom stereocenters. The molecule has 1 aliphatic carbocycles. The quantitative estimate of drug-likeness (QED) is 0.120. The standard InChI is InChI=1S/C34H59NO6/c1-3-5-6-7-10-17-27(36)22-23-29-28(18-11-8-9-12-19-32(37)35-4-2)30(40-33-20-13-15-24-38-33)26-31(29)41-34-21-14-16-25-39-34/h8,11,28-31,33-34H,3-7,9-10,12-26H2,1-2H3,(H,35,37)/b11-8-/t28-,29-,30+,31-,33?,34?/m1/s1. The maximum Gasteiger partial charge on any atom is 0.219 e. The molecular formula is C34H59NO6. The van der Waals surface area contributed by atoms with Crippen molar-refractivity contribution in [3.63, 3.8) is 0 Å². The molecule has 0 radical (unpaired) electrons. The van der Waals surface area contributed by atoms with E-state index in [1.54, 1.807) is 0 Å². The minimum atomic E-state index is -0.152. The molecule has 3 aliphatic rings. The van der Waals surface area contributed by atoms with Crippen molar-refractivity contribution in [2.45, 2.75) is 161 Å². The van der Waals surface area contributed by atoms with Gasteiger partial charge in [0.25, 0.3) is 0 Å². The van der Waals surface area contributed by atoms with E-state index < -0.39 is 0 Å². The third-order valence-electron chi connectivity index (χ3n) is 8.94. The number of Topliss-reactive ketones (excluding diaryl/α,β-unsaturated/α-hetero) is 1. The van der Waals surface area contributed by atoms with Crippen molar-refractivity contribution in [1.29, 1.82) is 0 Å². The number of carbonyl (C=O) groups excluding carboxylic acids is 2. The van der Waals surface area contributed by atoms with E-state index in [9.17, 15) is 9.59 Å². The van der Waals surface area contributed by atoms with Gasteiger partial charge in [0.15, 0.2) is 12.6 Å². The Morgan fingerprint density at radius 2 is 1.46 bits per heavy atom. The van der Waals surface area contributed by atoms with Crippen LogP contribution in [0.4, 0.5) is 0 Å². The number of ether oxygens (including phenoxy) is 4. The lowest BCUT2D eigenvalue weighted by Crippen LogP contribution is -2.32. The zero-order valence-corrected chi connectivity index (χ0v) is 26.1. The zero-order chi connectivity index (χ0) is 29.1. The van der Waals surface area contributed by atoms with Gasteiger partial charge in [0.1, 0.15) is 5.78 Å². The molecule has 0 aromatic carbocycles. The Morgan fingerprint density at radius 1 is 0.780 bits per heavy atom. The number of unbranched alkanes of at least 4 members (excludes halogenated alkanes) is 5. The van der Waals surface area contributed by atoms with Crippen LogP contribution in [0.15, 0.2) is 12.2 Å². The van der Waals surface area contributed by atoms with Gasteiger partial charge in [-0.05, 0) is 89.4 Å². The summed E-state index contributed by atoms with van der Waals surface area (Å²) < 4.78 is 25.3. The van der Waals surface area contributed by atoms with Crippen LogP contribution in [0.25, 0.3) is 0 Å². The molecule has 0 aromatic heterocycles. The van der Waals surface area contributed by atoms with Crippen molar-refractivity contribution in [3.05, 3.63) is 12.2 Å². The number of rotatable bonds is 20. The van der Waals surface area contributed by atoms with Crippen molar-refractivity contribution < 1.29 is 28.5 Å². The molecule has 3 fully saturated rings. The number of carbonyl (C=O) groups is 2. The highest BCUT2D eigenvalue weighted by Crippen LogP contribution is 2.43. The van der Waals surface area contributed by atoms with E-state index in [1.165, 1.54) is 19.3 Å². The van der Waals surface area contributed by atoms with Crippen LogP contribution in [0.2, 0.25) is 0 Å². The molecule has 1 saturated carbocycles. The van der Waals surface area contributed by atoms with E-state index in [2.05, 4.69) is 24.4 Å². The van der Waals surface area contributed by atoms with Crippen LogP contribution in [0.1, 0.15) is 136 Å². The third kappa shape index (κ3) is 13.3. The topological polar surface area (TPSA) is 83.1 Å². The molecule has 1 N–H and O–H groups in total. The fourth-order valence-electron chi connectivity index (χ4n) is 6.61. The van der Waals surface area contributed by atoms with E-state index in [4.69, 9.17) is 18.9 Å². The van der Waals surface area contributed by atoms with E-state index >= 15 is 0 Å². The summed E-state index contributed by atoms with van der Waals surface area (Å²) in [7, 11) is 0. The summed E-state index contributed by atoms with van der Waals surface area (Å²) in [5.74, 6) is 1.02. The highest BCUT2D eigenvalue weighted by atomic mass is 16.7. The van der Waals surface area contributed by atoms with E-state index in [-0.39, 0.29) is 42.5 Å². The molecule has 0 aromatic rings. The first-order chi connectivity index (χ1) is 20.1. The number of amides is 1. The maximum absolute atomic E-state index is 12.9. The summed E-state index contributed by atoms with van der Waals surface area (Å²) in [4.78, 5) is 24.7. The SMILES string of the molecule is CCCCCCCC(=O)CC[C@@H]1[C@@H](C/C=C\CCCC(=O)NCC)[C@@H](OC2CCCCO2)C[C@H]1OC1CCCCO1. The average Bonchev–Trinajstić information content (AvgIpc) is 3.29. The fourth-order valence-corrected chi connectivity index (χ4v) is 6.61. The Morgan fingerprint density at radius 3 is 2.10 bits per heavy atom. The number of nitrogens with one attached hydrogen (secondary N) is 1. The second-order valence-electron chi connectivity index (χ2n) is 12.3. The molecule has 0 spiro atoms. The van der Waals surface area contributed by atoms with Crippen LogP contribution in [0, 0.1) is 11.8 Å². The number of ketones is 1. The van der Waals surface area contributed by atoms with Crippen molar-refractivity contribution in [2.75, 3.05) is 19.8 Å². The molecule has 0 bridgehead atoms. The number of allylic oxidation sites excluding steroid dienone is 2. The summed E-state index contributed by atoms with van der Waals surface area (Å²) in [5.41, 5.74) is 0. The molecule has 7 heteroatoms. The predicted octanol–water partition coefficient (Wildman–Crippen LogP) is 7.41.